The molecule has 0 amide bonds. The highest BCUT2D eigenvalue weighted by molar-refractivity contribution is 6.15. The number of allylic oxidation sites excluding steroid dienone is 4. The molecule has 0 fully saturated rings. The van der Waals surface area contributed by atoms with Gasteiger partial charge in [-0.1, -0.05) is 120 Å². The van der Waals surface area contributed by atoms with Crippen molar-refractivity contribution in [3.8, 4) is 39.3 Å². The molecular weight excluding hydrogens is 599 g/mol. The summed E-state index contributed by atoms with van der Waals surface area (Å²) in [5.41, 5.74) is 12.7. The topological polar surface area (TPSA) is 58.0 Å². The van der Waals surface area contributed by atoms with E-state index in [0.29, 0.717) is 5.71 Å². The minimum atomic E-state index is -0.153. The van der Waals surface area contributed by atoms with Crippen LogP contribution < -0.4 is 10.1 Å². The number of nitrogens with zero attached hydrogens (tertiary/aromatic N) is 1. The number of methoxy groups -OCH3 is 1. The number of anilines is 1. The molecule has 0 bridgehead atoms. The highest BCUT2D eigenvalue weighted by Gasteiger charge is 2.28. The Labute approximate surface area is 292 Å². The van der Waals surface area contributed by atoms with Crippen molar-refractivity contribution in [2.45, 2.75) is 65.2 Å². The number of ether oxygens (including phenoxy) is 1. The molecule has 4 aromatic carbocycles. The highest BCUT2D eigenvalue weighted by Crippen LogP contribution is 2.40. The van der Waals surface area contributed by atoms with Gasteiger partial charge in [0, 0.05) is 39.8 Å². The molecule has 1 aromatic heterocycles. The number of hydrogen-bond donors (Lipinski definition) is 2. The summed E-state index contributed by atoms with van der Waals surface area (Å²) in [6, 6.07) is 36.1. The minimum absolute atomic E-state index is 0.0840. The van der Waals surface area contributed by atoms with Crippen LogP contribution in [0.2, 0.25) is 0 Å². The van der Waals surface area contributed by atoms with Crippen LogP contribution in [0.1, 0.15) is 71.1 Å². The van der Waals surface area contributed by atoms with Gasteiger partial charge in [0.1, 0.15) is 5.75 Å². The summed E-state index contributed by atoms with van der Waals surface area (Å²) < 4.78 is 6.09. The van der Waals surface area contributed by atoms with E-state index in [0.717, 1.165) is 80.2 Å². The molecule has 1 aliphatic carbocycles. The van der Waals surface area contributed by atoms with Gasteiger partial charge >= 0.3 is 0 Å². The second-order valence-electron chi connectivity index (χ2n) is 14.9. The zero-order valence-electron chi connectivity index (χ0n) is 29.8. The summed E-state index contributed by atoms with van der Waals surface area (Å²) in [4.78, 5) is 4.82. The zero-order valence-corrected chi connectivity index (χ0v) is 29.8. The average molecular weight is 646 g/mol. The van der Waals surface area contributed by atoms with Crippen LogP contribution in [0.5, 0.6) is 5.75 Å². The number of benzene rings is 4. The zero-order chi connectivity index (χ0) is 34.8. The lowest BCUT2D eigenvalue weighted by Crippen LogP contribution is -2.21. The molecule has 0 saturated carbocycles. The van der Waals surface area contributed by atoms with Crippen molar-refractivity contribution in [1.82, 2.24) is 4.98 Å². The molecule has 0 radical (unpaired) electrons. The Morgan fingerprint density at radius 3 is 2.00 bits per heavy atom. The van der Waals surface area contributed by atoms with Crippen molar-refractivity contribution >= 4 is 11.4 Å². The maximum atomic E-state index is 9.69. The smallest absolute Gasteiger partial charge is 0.131 e. The number of rotatable bonds is 8. The largest absolute Gasteiger partial charge is 0.496 e. The van der Waals surface area contributed by atoms with Crippen molar-refractivity contribution in [2.75, 3.05) is 12.4 Å². The van der Waals surface area contributed by atoms with Crippen LogP contribution in [0.4, 0.5) is 5.69 Å². The Bertz CT molecular complexity index is 2040. The molecule has 1 heterocycles. The van der Waals surface area contributed by atoms with Gasteiger partial charge in [0.2, 0.25) is 0 Å². The first-order chi connectivity index (χ1) is 23.4. The second-order valence-corrected chi connectivity index (χ2v) is 14.9. The first-order valence-corrected chi connectivity index (χ1v) is 17.1. The van der Waals surface area contributed by atoms with Gasteiger partial charge in [-0.2, -0.15) is 0 Å². The van der Waals surface area contributed by atoms with Gasteiger partial charge in [0.05, 0.1) is 18.5 Å². The van der Waals surface area contributed by atoms with Crippen molar-refractivity contribution in [1.29, 1.82) is 5.41 Å². The van der Waals surface area contributed by atoms with Crippen LogP contribution >= 0.6 is 0 Å². The van der Waals surface area contributed by atoms with Crippen LogP contribution in [0.15, 0.2) is 133 Å². The van der Waals surface area contributed by atoms with E-state index in [1.54, 1.807) is 7.11 Å². The molecule has 248 valence electrons. The van der Waals surface area contributed by atoms with Gasteiger partial charge < -0.3 is 10.1 Å². The number of pyridine rings is 1. The highest BCUT2D eigenvalue weighted by atomic mass is 16.5. The van der Waals surface area contributed by atoms with Crippen LogP contribution in [0, 0.1) is 5.41 Å². The molecule has 6 rings (SSSR count). The Morgan fingerprint density at radius 2 is 1.37 bits per heavy atom. The van der Waals surface area contributed by atoms with E-state index in [4.69, 9.17) is 9.72 Å². The van der Waals surface area contributed by atoms with E-state index in [1.807, 2.05) is 18.3 Å². The molecule has 1 aliphatic rings. The Balaban J connectivity index is 1.46. The molecule has 2 N–H and O–H groups in total. The number of aromatic nitrogens is 1. The van der Waals surface area contributed by atoms with Crippen LogP contribution in [0.3, 0.4) is 0 Å². The van der Waals surface area contributed by atoms with Crippen molar-refractivity contribution in [3.63, 3.8) is 0 Å². The lowest BCUT2D eigenvalue weighted by Gasteiger charge is -2.29. The summed E-state index contributed by atoms with van der Waals surface area (Å²) >= 11 is 0. The summed E-state index contributed by atoms with van der Waals surface area (Å²) in [6.07, 6.45) is 7.86. The Kier molecular flexibility index (Phi) is 9.43. The normalized spacial score (nSPS) is 13.4. The summed E-state index contributed by atoms with van der Waals surface area (Å²) in [7, 11) is 1.72. The predicted molar refractivity (Wildman–Crippen MR) is 207 cm³/mol. The van der Waals surface area contributed by atoms with E-state index >= 15 is 0 Å². The van der Waals surface area contributed by atoms with Gasteiger partial charge in [-0.15, -0.1) is 0 Å². The van der Waals surface area contributed by atoms with E-state index in [9.17, 15) is 5.41 Å². The molecule has 49 heavy (non-hydrogen) atoms. The van der Waals surface area contributed by atoms with Crippen LogP contribution in [-0.4, -0.2) is 17.8 Å². The van der Waals surface area contributed by atoms with E-state index < -0.39 is 0 Å². The fraction of sp³-hybridized carbons (Fsp3) is 0.244. The molecule has 0 aliphatic heterocycles. The Morgan fingerprint density at radius 1 is 0.714 bits per heavy atom. The third kappa shape index (κ3) is 7.44. The van der Waals surface area contributed by atoms with Gasteiger partial charge in [-0.05, 0) is 87.9 Å². The molecule has 0 atom stereocenters. The van der Waals surface area contributed by atoms with Crippen LogP contribution in [-0.2, 0) is 10.8 Å². The van der Waals surface area contributed by atoms with Crippen molar-refractivity contribution in [3.05, 3.63) is 149 Å². The summed E-state index contributed by atoms with van der Waals surface area (Å²) in [5, 5.41) is 13.5. The van der Waals surface area contributed by atoms with Gasteiger partial charge in [0.15, 0.2) is 0 Å². The van der Waals surface area contributed by atoms with E-state index in [-0.39, 0.29) is 10.8 Å². The number of hydrogen-bond acceptors (Lipinski definition) is 4. The van der Waals surface area contributed by atoms with E-state index in [2.05, 4.69) is 150 Å². The standard InChI is InChI=1S/C45H47N3O/c1-44(2,3)35-28-38(43(49-7)39(29-35)45(4,5)6)42(46)37-20-14-15-21-40(37)48-36-25-33(31-18-12-9-13-19-31)24-34(26-36)41-27-32(22-23-47-41)30-16-10-8-11-17-30/h8-14,16-20,22-29,46,48H,15,21H2,1-7H3. The molecule has 5 aromatic rings. The molecule has 0 saturated heterocycles. The van der Waals surface area contributed by atoms with Crippen molar-refractivity contribution in [2.24, 2.45) is 0 Å². The fourth-order valence-corrected chi connectivity index (χ4v) is 6.42. The van der Waals surface area contributed by atoms with E-state index in [1.165, 1.54) is 5.56 Å². The second kappa shape index (κ2) is 13.7. The molecule has 4 heteroatoms. The average Bonchev–Trinajstić information content (AvgIpc) is 3.11. The minimum Gasteiger partial charge on any atom is -0.496 e. The first kappa shape index (κ1) is 33.7. The molecule has 0 spiro atoms. The molecule has 4 nitrogen and oxygen atoms in total. The maximum Gasteiger partial charge on any atom is 0.131 e. The third-order valence-electron chi connectivity index (χ3n) is 9.17. The maximum absolute atomic E-state index is 9.69. The first-order valence-electron chi connectivity index (χ1n) is 17.1. The lowest BCUT2D eigenvalue weighted by atomic mass is 9.77. The van der Waals surface area contributed by atoms with Gasteiger partial charge in [-0.3, -0.25) is 10.4 Å². The SMILES string of the molecule is COc1c(C(=N)C2=C(Nc3cc(-c4ccccc4)cc(-c4cc(-c5ccccc5)ccn4)c3)CCC=C2)cc(C(C)(C)C)cc1C(C)(C)C. The quantitative estimate of drug-likeness (QED) is 0.165. The molecular formula is C45H47N3O. The lowest BCUT2D eigenvalue weighted by molar-refractivity contribution is 0.395. The van der Waals surface area contributed by atoms with Gasteiger partial charge in [-0.25, -0.2) is 0 Å². The fourth-order valence-electron chi connectivity index (χ4n) is 6.42. The summed E-state index contributed by atoms with van der Waals surface area (Å²) in [5.74, 6) is 0.772. The predicted octanol–water partition coefficient (Wildman–Crippen LogP) is 11.8. The number of nitrogens with one attached hydrogen (secondary N) is 2. The summed E-state index contributed by atoms with van der Waals surface area (Å²) in [6.45, 7) is 13.3. The van der Waals surface area contributed by atoms with Crippen molar-refractivity contribution < 1.29 is 4.74 Å². The van der Waals surface area contributed by atoms with Crippen LogP contribution in [0.25, 0.3) is 33.5 Å². The molecule has 0 unspecified atom stereocenters. The third-order valence-corrected chi connectivity index (χ3v) is 9.17. The Hall–Kier alpha value is -5.22. The van der Waals surface area contributed by atoms with Gasteiger partial charge in [0.25, 0.3) is 0 Å². The monoisotopic (exact) mass is 645 g/mol.